The predicted molar refractivity (Wildman–Crippen MR) is 249 cm³/mol. The van der Waals surface area contributed by atoms with Gasteiger partial charge in [0.1, 0.15) is 12.6 Å². The molecular formula is C52H83NO7. The maximum absolute atomic E-state index is 12.7. The third-order valence-electron chi connectivity index (χ3n) is 9.39. The first-order valence-electron chi connectivity index (χ1n) is 22.9. The van der Waals surface area contributed by atoms with E-state index >= 15 is 0 Å². The standard InChI is InChI=1S/C52H83NO7/c1-6-8-10-12-14-16-18-20-22-24-25-27-29-31-33-35-37-39-41-43-51(55)60-48(46-58-45-44-49(52(56)57)53(3,4)5)47-59-50(54)42-40-38-36-34-32-30-28-26-23-21-19-17-15-13-11-9-7-2/h8,10,14-17,20-23,25,27-28,30-31,33-34,36,48-49H,6-7,9,11-13,18-19,24,26,29,32,35,37-47H2,1-5H3/b10-8+,16-14+,17-15+,22-20+,23-21+,27-25+,30-28+,33-31+,36-34+. The molecule has 0 spiro atoms. The highest BCUT2D eigenvalue weighted by Gasteiger charge is 2.25. The van der Waals surface area contributed by atoms with E-state index in [1.807, 2.05) is 0 Å². The quantitative estimate of drug-likeness (QED) is 0.0263. The molecule has 2 atom stereocenters. The molecule has 2 unspecified atom stereocenters. The zero-order valence-electron chi connectivity index (χ0n) is 38.3. The van der Waals surface area contributed by atoms with Crippen molar-refractivity contribution in [2.24, 2.45) is 0 Å². The lowest BCUT2D eigenvalue weighted by Crippen LogP contribution is -2.55. The van der Waals surface area contributed by atoms with Crippen LogP contribution in [0.15, 0.2) is 109 Å². The zero-order valence-corrected chi connectivity index (χ0v) is 38.3. The molecule has 0 aromatic heterocycles. The molecule has 60 heavy (non-hydrogen) atoms. The SMILES string of the molecule is CC/C=C/C/C=C/C/C=C/C/C=C/C/C=C/CCCCCC(=O)OC(COCCC(C(=O)[O-])[N+](C)(C)C)COC(=O)CCC/C=C/C/C=C/C/C=C/C/C=C/CCCCC. The number of hydrogen-bond donors (Lipinski definition) is 0. The first-order valence-corrected chi connectivity index (χ1v) is 22.9. The molecule has 0 radical (unpaired) electrons. The second-order valence-electron chi connectivity index (χ2n) is 15.9. The number of allylic oxidation sites excluding steroid dienone is 18. The average Bonchev–Trinajstić information content (AvgIpc) is 3.21. The maximum atomic E-state index is 12.7. The summed E-state index contributed by atoms with van der Waals surface area (Å²) < 4.78 is 17.1. The van der Waals surface area contributed by atoms with Gasteiger partial charge >= 0.3 is 11.9 Å². The Kier molecular flexibility index (Phi) is 38.9. The number of carboxylic acids is 1. The van der Waals surface area contributed by atoms with Gasteiger partial charge in [0.15, 0.2) is 6.10 Å². The van der Waals surface area contributed by atoms with Crippen molar-refractivity contribution in [1.82, 2.24) is 0 Å². The van der Waals surface area contributed by atoms with Crippen LogP contribution in [0.5, 0.6) is 0 Å². The van der Waals surface area contributed by atoms with Crippen molar-refractivity contribution in [2.75, 3.05) is 41.0 Å². The summed E-state index contributed by atoms with van der Waals surface area (Å²) in [4.78, 5) is 36.9. The summed E-state index contributed by atoms with van der Waals surface area (Å²) in [7, 11) is 5.37. The molecule has 8 heteroatoms. The molecule has 0 amide bonds. The monoisotopic (exact) mass is 834 g/mol. The fourth-order valence-electron chi connectivity index (χ4n) is 5.85. The highest BCUT2D eigenvalue weighted by atomic mass is 16.6. The Morgan fingerprint density at radius 3 is 1.40 bits per heavy atom. The second kappa shape index (κ2) is 41.7. The number of carbonyl (C=O) groups excluding carboxylic acids is 3. The molecule has 0 saturated carbocycles. The maximum Gasteiger partial charge on any atom is 0.306 e. The van der Waals surface area contributed by atoms with E-state index in [2.05, 4.69) is 123 Å². The molecule has 0 aliphatic heterocycles. The lowest BCUT2D eigenvalue weighted by atomic mass is 10.1. The van der Waals surface area contributed by atoms with Crippen molar-refractivity contribution in [3.8, 4) is 0 Å². The molecular weight excluding hydrogens is 751 g/mol. The highest BCUT2D eigenvalue weighted by Crippen LogP contribution is 2.11. The van der Waals surface area contributed by atoms with Crippen LogP contribution in [0.1, 0.15) is 149 Å². The van der Waals surface area contributed by atoms with Crippen molar-refractivity contribution in [2.45, 2.75) is 161 Å². The number of rotatable bonds is 39. The smallest absolute Gasteiger partial charge is 0.306 e. The molecule has 338 valence electrons. The van der Waals surface area contributed by atoms with E-state index < -0.39 is 18.1 Å². The minimum Gasteiger partial charge on any atom is -0.544 e. The molecule has 0 rings (SSSR count). The number of ether oxygens (including phenoxy) is 3. The summed E-state index contributed by atoms with van der Waals surface area (Å²) >= 11 is 0. The number of unbranched alkanes of at least 4 members (excludes halogenated alkanes) is 7. The van der Waals surface area contributed by atoms with Crippen LogP contribution in [0, 0.1) is 0 Å². The van der Waals surface area contributed by atoms with Crippen LogP contribution in [0.3, 0.4) is 0 Å². The predicted octanol–water partition coefficient (Wildman–Crippen LogP) is 11.5. The fourth-order valence-corrected chi connectivity index (χ4v) is 5.85. The number of carbonyl (C=O) groups is 3. The van der Waals surface area contributed by atoms with Crippen LogP contribution < -0.4 is 5.11 Å². The Labute approximate surface area is 366 Å². The molecule has 0 N–H and O–H groups in total. The fraction of sp³-hybridized carbons (Fsp3) is 0.596. The van der Waals surface area contributed by atoms with E-state index in [4.69, 9.17) is 14.2 Å². The van der Waals surface area contributed by atoms with Crippen molar-refractivity contribution in [3.63, 3.8) is 0 Å². The van der Waals surface area contributed by atoms with Crippen molar-refractivity contribution in [1.29, 1.82) is 0 Å². The van der Waals surface area contributed by atoms with Gasteiger partial charge in [-0.1, -0.05) is 142 Å². The van der Waals surface area contributed by atoms with Gasteiger partial charge in [-0.2, -0.15) is 0 Å². The Morgan fingerprint density at radius 2 is 0.950 bits per heavy atom. The van der Waals surface area contributed by atoms with E-state index in [1.165, 1.54) is 25.7 Å². The summed E-state index contributed by atoms with van der Waals surface area (Å²) in [6, 6.07) is -0.747. The largest absolute Gasteiger partial charge is 0.544 e. The van der Waals surface area contributed by atoms with Crippen molar-refractivity contribution >= 4 is 17.9 Å². The summed E-state index contributed by atoms with van der Waals surface area (Å²) in [6.07, 6.45) is 56.9. The van der Waals surface area contributed by atoms with Crippen LogP contribution in [-0.2, 0) is 28.6 Å². The first kappa shape index (κ1) is 56.0. The van der Waals surface area contributed by atoms with Gasteiger partial charge in [0.25, 0.3) is 0 Å². The van der Waals surface area contributed by atoms with Gasteiger partial charge in [-0.25, -0.2) is 0 Å². The topological polar surface area (TPSA) is 102 Å². The Balaban J connectivity index is 4.51. The highest BCUT2D eigenvalue weighted by molar-refractivity contribution is 5.70. The number of esters is 2. The number of likely N-dealkylation sites (N-methyl/N-ethyl adjacent to an activating group) is 1. The molecule has 0 saturated heterocycles. The van der Waals surface area contributed by atoms with Gasteiger partial charge < -0.3 is 28.6 Å². The molecule has 0 aliphatic carbocycles. The Morgan fingerprint density at radius 1 is 0.517 bits per heavy atom. The van der Waals surface area contributed by atoms with Gasteiger partial charge in [-0.05, 0) is 96.3 Å². The van der Waals surface area contributed by atoms with E-state index in [-0.39, 0.29) is 55.5 Å². The zero-order chi connectivity index (χ0) is 44.2. The minimum absolute atomic E-state index is 0.00220. The number of hydrogen-bond acceptors (Lipinski definition) is 7. The average molecular weight is 834 g/mol. The molecule has 0 bridgehead atoms. The van der Waals surface area contributed by atoms with Crippen LogP contribution in [0.4, 0.5) is 0 Å². The number of carboxylic acid groups (broad SMARTS) is 1. The third-order valence-corrected chi connectivity index (χ3v) is 9.39. The van der Waals surface area contributed by atoms with Gasteiger partial charge in [0.2, 0.25) is 0 Å². The molecule has 0 aromatic rings. The van der Waals surface area contributed by atoms with Crippen LogP contribution in [0.2, 0.25) is 0 Å². The molecule has 0 fully saturated rings. The van der Waals surface area contributed by atoms with Gasteiger partial charge in [0.05, 0.1) is 40.3 Å². The summed E-state index contributed by atoms with van der Waals surface area (Å²) in [5, 5.41) is 11.6. The van der Waals surface area contributed by atoms with Crippen molar-refractivity contribution < 1.29 is 38.2 Å². The third kappa shape index (κ3) is 39.5. The van der Waals surface area contributed by atoms with E-state index in [9.17, 15) is 19.5 Å². The first-order chi connectivity index (χ1) is 29.1. The summed E-state index contributed by atoms with van der Waals surface area (Å²) in [5.74, 6) is -1.87. The summed E-state index contributed by atoms with van der Waals surface area (Å²) in [5.41, 5.74) is 0. The second-order valence-corrected chi connectivity index (χ2v) is 15.9. The lowest BCUT2D eigenvalue weighted by molar-refractivity contribution is -0.889. The van der Waals surface area contributed by atoms with Crippen LogP contribution in [-0.4, -0.2) is 75.5 Å². The Hall–Kier alpha value is -4.01. The summed E-state index contributed by atoms with van der Waals surface area (Å²) in [6.45, 7) is 4.40. The number of aliphatic carboxylic acids is 1. The molecule has 0 heterocycles. The lowest BCUT2D eigenvalue weighted by Gasteiger charge is -2.34. The van der Waals surface area contributed by atoms with Gasteiger partial charge in [-0.3, -0.25) is 9.59 Å². The van der Waals surface area contributed by atoms with Gasteiger partial charge in [0, 0.05) is 19.3 Å². The number of nitrogens with zero attached hydrogens (tertiary/aromatic N) is 1. The van der Waals surface area contributed by atoms with E-state index in [0.29, 0.717) is 12.8 Å². The molecule has 8 nitrogen and oxygen atoms in total. The Bertz CT molecular complexity index is 1340. The van der Waals surface area contributed by atoms with Gasteiger partial charge in [-0.15, -0.1) is 0 Å². The molecule has 0 aromatic carbocycles. The number of quaternary nitrogens is 1. The van der Waals surface area contributed by atoms with Crippen molar-refractivity contribution in [3.05, 3.63) is 109 Å². The minimum atomic E-state index is -1.14. The van der Waals surface area contributed by atoms with Crippen LogP contribution in [0.25, 0.3) is 0 Å². The van der Waals surface area contributed by atoms with E-state index in [0.717, 1.165) is 77.0 Å². The molecule has 0 aliphatic rings. The van der Waals surface area contributed by atoms with Crippen LogP contribution >= 0.6 is 0 Å². The van der Waals surface area contributed by atoms with E-state index in [1.54, 1.807) is 21.1 Å². The normalized spacial score (nSPS) is 13.9.